The minimum atomic E-state index is 0.113. The number of carbonyl (C=O) groups is 1. The number of thiocarbonyl (C=S) groups is 1. The fourth-order valence-corrected chi connectivity index (χ4v) is 1.56. The van der Waals surface area contributed by atoms with Gasteiger partial charge in [0.05, 0.1) is 0 Å². The summed E-state index contributed by atoms with van der Waals surface area (Å²) >= 11 is 5.15. The molecule has 0 spiro atoms. The van der Waals surface area contributed by atoms with E-state index < -0.39 is 0 Å². The molecule has 5 heteroatoms. The zero-order valence-electron chi connectivity index (χ0n) is 7.80. The molecule has 1 rings (SSSR count). The SMILES string of the molecule is CCNC(=S)N1CCNC(=O)CC1. The summed E-state index contributed by atoms with van der Waals surface area (Å²) in [6.07, 6.45) is 0.533. The molecule has 1 aliphatic heterocycles. The van der Waals surface area contributed by atoms with Gasteiger partial charge in [-0.2, -0.15) is 0 Å². The van der Waals surface area contributed by atoms with Gasteiger partial charge in [-0.3, -0.25) is 4.79 Å². The van der Waals surface area contributed by atoms with Crippen molar-refractivity contribution in [2.75, 3.05) is 26.2 Å². The molecule has 74 valence electrons. The number of nitrogens with zero attached hydrogens (tertiary/aromatic N) is 1. The Morgan fingerprint density at radius 1 is 1.69 bits per heavy atom. The van der Waals surface area contributed by atoms with Gasteiger partial charge in [-0.15, -0.1) is 0 Å². The molecule has 0 atom stereocenters. The average Bonchev–Trinajstić information content (AvgIpc) is 2.30. The molecule has 0 unspecified atom stereocenters. The van der Waals surface area contributed by atoms with E-state index in [-0.39, 0.29) is 5.91 Å². The van der Waals surface area contributed by atoms with E-state index in [1.54, 1.807) is 0 Å². The quantitative estimate of drug-likeness (QED) is 0.572. The van der Waals surface area contributed by atoms with Gasteiger partial charge >= 0.3 is 0 Å². The predicted octanol–water partition coefficient (Wildman–Crippen LogP) is -0.297. The molecule has 1 heterocycles. The van der Waals surface area contributed by atoms with Gasteiger partial charge in [0.1, 0.15) is 0 Å². The lowest BCUT2D eigenvalue weighted by atomic mass is 10.4. The van der Waals surface area contributed by atoms with Crippen LogP contribution in [-0.2, 0) is 4.79 Å². The topological polar surface area (TPSA) is 44.4 Å². The molecule has 0 radical (unpaired) electrons. The Bertz CT molecular complexity index is 208. The van der Waals surface area contributed by atoms with Crippen molar-refractivity contribution in [2.24, 2.45) is 0 Å². The molecule has 0 aromatic rings. The third-order valence-electron chi connectivity index (χ3n) is 1.93. The van der Waals surface area contributed by atoms with Crippen molar-refractivity contribution in [3.8, 4) is 0 Å². The van der Waals surface area contributed by atoms with Gasteiger partial charge < -0.3 is 15.5 Å². The van der Waals surface area contributed by atoms with Crippen LogP contribution in [-0.4, -0.2) is 42.1 Å². The molecule has 0 aliphatic carbocycles. The summed E-state index contributed by atoms with van der Waals surface area (Å²) in [6, 6.07) is 0. The second-order valence-electron chi connectivity index (χ2n) is 2.92. The van der Waals surface area contributed by atoms with E-state index in [4.69, 9.17) is 12.2 Å². The summed E-state index contributed by atoms with van der Waals surface area (Å²) in [5.41, 5.74) is 0. The van der Waals surface area contributed by atoms with Crippen LogP contribution in [0.25, 0.3) is 0 Å². The Balaban J connectivity index is 2.41. The van der Waals surface area contributed by atoms with Crippen molar-refractivity contribution in [3.63, 3.8) is 0 Å². The molecular formula is C8H15N3OS. The maximum atomic E-state index is 11.0. The van der Waals surface area contributed by atoms with Crippen LogP contribution in [0.15, 0.2) is 0 Å². The Labute approximate surface area is 83.7 Å². The van der Waals surface area contributed by atoms with Crippen molar-refractivity contribution in [2.45, 2.75) is 13.3 Å². The van der Waals surface area contributed by atoms with Crippen LogP contribution >= 0.6 is 12.2 Å². The van der Waals surface area contributed by atoms with Crippen molar-refractivity contribution >= 4 is 23.2 Å². The number of nitrogens with one attached hydrogen (secondary N) is 2. The number of carbonyl (C=O) groups excluding carboxylic acids is 1. The van der Waals surface area contributed by atoms with E-state index in [1.807, 2.05) is 11.8 Å². The van der Waals surface area contributed by atoms with Crippen LogP contribution in [0.4, 0.5) is 0 Å². The number of hydrogen-bond acceptors (Lipinski definition) is 2. The molecule has 1 amide bonds. The largest absolute Gasteiger partial charge is 0.363 e. The molecule has 13 heavy (non-hydrogen) atoms. The summed E-state index contributed by atoms with van der Waals surface area (Å²) < 4.78 is 0. The average molecular weight is 201 g/mol. The maximum absolute atomic E-state index is 11.0. The monoisotopic (exact) mass is 201 g/mol. The van der Waals surface area contributed by atoms with Gasteiger partial charge in [-0.1, -0.05) is 0 Å². The van der Waals surface area contributed by atoms with Gasteiger partial charge in [0.2, 0.25) is 5.91 Å². The first-order chi connectivity index (χ1) is 6.24. The molecular weight excluding hydrogens is 186 g/mol. The van der Waals surface area contributed by atoms with E-state index >= 15 is 0 Å². The van der Waals surface area contributed by atoms with Crippen LogP contribution in [0.3, 0.4) is 0 Å². The number of rotatable bonds is 1. The minimum absolute atomic E-state index is 0.113. The molecule has 0 bridgehead atoms. The second kappa shape index (κ2) is 5.01. The Morgan fingerprint density at radius 3 is 3.15 bits per heavy atom. The van der Waals surface area contributed by atoms with Crippen LogP contribution < -0.4 is 10.6 Å². The third-order valence-corrected chi connectivity index (χ3v) is 2.33. The summed E-state index contributed by atoms with van der Waals surface area (Å²) in [4.78, 5) is 13.0. The van der Waals surface area contributed by atoms with Crippen LogP contribution in [0.5, 0.6) is 0 Å². The van der Waals surface area contributed by atoms with Gasteiger partial charge in [0.25, 0.3) is 0 Å². The second-order valence-corrected chi connectivity index (χ2v) is 3.31. The first kappa shape index (κ1) is 10.2. The van der Waals surface area contributed by atoms with Gasteiger partial charge in [0.15, 0.2) is 5.11 Å². The van der Waals surface area contributed by atoms with E-state index in [1.165, 1.54) is 0 Å². The zero-order valence-corrected chi connectivity index (χ0v) is 8.62. The van der Waals surface area contributed by atoms with Gasteiger partial charge in [-0.25, -0.2) is 0 Å². The normalized spacial score (nSPS) is 17.6. The molecule has 1 aliphatic rings. The van der Waals surface area contributed by atoms with Crippen molar-refractivity contribution in [1.29, 1.82) is 0 Å². The van der Waals surface area contributed by atoms with Crippen molar-refractivity contribution in [3.05, 3.63) is 0 Å². The molecule has 2 N–H and O–H groups in total. The standard InChI is InChI=1S/C8H15N3OS/c1-2-9-8(13)11-5-3-7(12)10-4-6-11/h2-6H2,1H3,(H,9,13)(H,10,12). The lowest BCUT2D eigenvalue weighted by Gasteiger charge is -2.22. The van der Waals surface area contributed by atoms with Crippen molar-refractivity contribution in [1.82, 2.24) is 15.5 Å². The zero-order chi connectivity index (χ0) is 9.68. The van der Waals surface area contributed by atoms with E-state index in [2.05, 4.69) is 10.6 Å². The fraction of sp³-hybridized carbons (Fsp3) is 0.750. The van der Waals surface area contributed by atoms with E-state index in [0.717, 1.165) is 24.7 Å². The highest BCUT2D eigenvalue weighted by atomic mass is 32.1. The molecule has 1 saturated heterocycles. The van der Waals surface area contributed by atoms with Crippen LogP contribution in [0.2, 0.25) is 0 Å². The van der Waals surface area contributed by atoms with E-state index in [0.29, 0.717) is 13.0 Å². The van der Waals surface area contributed by atoms with Gasteiger partial charge in [0, 0.05) is 32.6 Å². The molecule has 1 fully saturated rings. The Kier molecular flexibility index (Phi) is 3.95. The van der Waals surface area contributed by atoms with Crippen LogP contribution in [0, 0.1) is 0 Å². The predicted molar refractivity (Wildman–Crippen MR) is 55.5 cm³/mol. The Morgan fingerprint density at radius 2 is 2.46 bits per heavy atom. The third kappa shape index (κ3) is 3.18. The Hall–Kier alpha value is -0.840. The molecule has 0 aromatic heterocycles. The highest BCUT2D eigenvalue weighted by Crippen LogP contribution is 1.96. The lowest BCUT2D eigenvalue weighted by Crippen LogP contribution is -2.41. The molecule has 4 nitrogen and oxygen atoms in total. The summed E-state index contributed by atoms with van der Waals surface area (Å²) in [5, 5.41) is 6.63. The smallest absolute Gasteiger partial charge is 0.221 e. The molecule has 0 aromatic carbocycles. The minimum Gasteiger partial charge on any atom is -0.363 e. The highest BCUT2D eigenvalue weighted by molar-refractivity contribution is 7.80. The van der Waals surface area contributed by atoms with Crippen LogP contribution in [0.1, 0.15) is 13.3 Å². The summed E-state index contributed by atoms with van der Waals surface area (Å²) in [7, 11) is 0. The van der Waals surface area contributed by atoms with Gasteiger partial charge in [-0.05, 0) is 19.1 Å². The summed E-state index contributed by atoms with van der Waals surface area (Å²) in [6.45, 7) is 5.05. The first-order valence-corrected chi connectivity index (χ1v) is 4.94. The molecule has 0 saturated carbocycles. The number of hydrogen-bond donors (Lipinski definition) is 2. The maximum Gasteiger partial charge on any atom is 0.221 e. The van der Waals surface area contributed by atoms with Crippen molar-refractivity contribution < 1.29 is 4.79 Å². The lowest BCUT2D eigenvalue weighted by molar-refractivity contribution is -0.120. The highest BCUT2D eigenvalue weighted by Gasteiger charge is 2.14. The number of amides is 1. The fourth-order valence-electron chi connectivity index (χ4n) is 1.23. The summed E-state index contributed by atoms with van der Waals surface area (Å²) in [5.74, 6) is 0.113. The van der Waals surface area contributed by atoms with E-state index in [9.17, 15) is 4.79 Å². The first-order valence-electron chi connectivity index (χ1n) is 4.53.